The minimum Gasteiger partial charge on any atom is -0.330 e. The van der Waals surface area contributed by atoms with Crippen LogP contribution < -0.4 is 11.1 Å². The summed E-state index contributed by atoms with van der Waals surface area (Å²) in [7, 11) is 0. The number of hydrogen-bond donors (Lipinski definition) is 2. The summed E-state index contributed by atoms with van der Waals surface area (Å²) in [5, 5.41) is 3.37. The van der Waals surface area contributed by atoms with Crippen LogP contribution in [0.5, 0.6) is 0 Å². The maximum absolute atomic E-state index is 5.72. The Morgan fingerprint density at radius 2 is 1.83 bits per heavy atom. The summed E-state index contributed by atoms with van der Waals surface area (Å²) in [6.45, 7) is 7.73. The van der Waals surface area contributed by atoms with Gasteiger partial charge in [0.1, 0.15) is 0 Å². The van der Waals surface area contributed by atoms with E-state index in [0.717, 1.165) is 12.5 Å². The molecule has 0 saturated carbocycles. The topological polar surface area (TPSA) is 38.0 Å². The Balaban J connectivity index is 0.00000121. The van der Waals surface area contributed by atoms with Gasteiger partial charge in [0.25, 0.3) is 0 Å². The highest BCUT2D eigenvalue weighted by molar-refractivity contribution is 5.85. The van der Waals surface area contributed by atoms with Gasteiger partial charge in [-0.15, -0.1) is 12.4 Å². The van der Waals surface area contributed by atoms with Crippen LogP contribution in [0.25, 0.3) is 0 Å². The van der Waals surface area contributed by atoms with Crippen molar-refractivity contribution in [3.8, 4) is 0 Å². The minimum absolute atomic E-state index is 0. The second-order valence-electron chi connectivity index (χ2n) is 4.22. The van der Waals surface area contributed by atoms with Crippen LogP contribution in [0.15, 0.2) is 0 Å². The lowest BCUT2D eigenvalue weighted by Crippen LogP contribution is -2.39. The summed E-state index contributed by atoms with van der Waals surface area (Å²) in [6.07, 6.45) is 2.59. The summed E-state index contributed by atoms with van der Waals surface area (Å²) in [5.41, 5.74) is 6.07. The first kappa shape index (κ1) is 12.2. The van der Waals surface area contributed by atoms with Crippen LogP contribution in [0.3, 0.4) is 0 Å². The van der Waals surface area contributed by atoms with Gasteiger partial charge in [-0.05, 0) is 43.8 Å². The Bertz CT molecular complexity index is 120. The maximum atomic E-state index is 5.72. The number of nitrogens with two attached hydrogens (primary N) is 1. The zero-order valence-electron chi connectivity index (χ0n) is 8.10. The first-order chi connectivity index (χ1) is 5.17. The highest BCUT2D eigenvalue weighted by Crippen LogP contribution is 2.31. The fraction of sp³-hybridized carbons (Fsp3) is 1.00. The molecule has 0 radical (unpaired) electrons. The highest BCUT2D eigenvalue weighted by atomic mass is 35.5. The van der Waals surface area contributed by atoms with Crippen molar-refractivity contribution in [2.45, 2.75) is 26.7 Å². The number of halogens is 1. The molecule has 1 aliphatic rings. The van der Waals surface area contributed by atoms with E-state index in [-0.39, 0.29) is 12.4 Å². The molecule has 0 aromatic carbocycles. The average molecular weight is 193 g/mol. The Morgan fingerprint density at radius 1 is 1.33 bits per heavy atom. The van der Waals surface area contributed by atoms with Gasteiger partial charge in [-0.1, -0.05) is 13.8 Å². The summed E-state index contributed by atoms with van der Waals surface area (Å²) in [4.78, 5) is 0. The Hall–Kier alpha value is 0.210. The number of piperidine rings is 1. The minimum atomic E-state index is 0. The molecule has 1 saturated heterocycles. The predicted octanol–water partition coefficient (Wildman–Crippen LogP) is 1.39. The molecule has 0 aromatic heterocycles. The summed E-state index contributed by atoms with van der Waals surface area (Å²) in [6, 6.07) is 0. The standard InChI is InChI=1S/C9H20N2.ClH/c1-9(2,7-10)8-3-5-11-6-4-8;/h8,11H,3-7,10H2,1-2H3;1H. The molecule has 0 aromatic rings. The molecule has 74 valence electrons. The van der Waals surface area contributed by atoms with Crippen LogP contribution in [0.4, 0.5) is 0 Å². The van der Waals surface area contributed by atoms with Crippen molar-refractivity contribution in [3.05, 3.63) is 0 Å². The van der Waals surface area contributed by atoms with Crippen molar-refractivity contribution in [3.63, 3.8) is 0 Å². The monoisotopic (exact) mass is 192 g/mol. The molecule has 0 spiro atoms. The van der Waals surface area contributed by atoms with Gasteiger partial charge >= 0.3 is 0 Å². The normalized spacial score (nSPS) is 20.2. The molecule has 12 heavy (non-hydrogen) atoms. The van der Waals surface area contributed by atoms with Crippen LogP contribution in [0.2, 0.25) is 0 Å². The molecular formula is C9H21ClN2. The fourth-order valence-corrected chi connectivity index (χ4v) is 1.77. The molecular weight excluding hydrogens is 172 g/mol. The van der Waals surface area contributed by atoms with Gasteiger partial charge in [0, 0.05) is 0 Å². The quantitative estimate of drug-likeness (QED) is 0.694. The third-order valence-electron chi connectivity index (χ3n) is 2.97. The van der Waals surface area contributed by atoms with Crippen LogP contribution >= 0.6 is 12.4 Å². The largest absolute Gasteiger partial charge is 0.330 e. The van der Waals surface area contributed by atoms with E-state index in [0.29, 0.717) is 5.41 Å². The number of hydrogen-bond acceptors (Lipinski definition) is 2. The van der Waals surface area contributed by atoms with E-state index in [1.54, 1.807) is 0 Å². The van der Waals surface area contributed by atoms with E-state index in [9.17, 15) is 0 Å². The molecule has 1 rings (SSSR count). The SMILES string of the molecule is CC(C)(CN)C1CCNCC1.Cl. The first-order valence-electron chi connectivity index (χ1n) is 4.57. The smallest absolute Gasteiger partial charge is 0.00232 e. The van der Waals surface area contributed by atoms with Crippen molar-refractivity contribution < 1.29 is 0 Å². The summed E-state index contributed by atoms with van der Waals surface area (Å²) >= 11 is 0. The second kappa shape index (κ2) is 5.05. The van der Waals surface area contributed by atoms with Gasteiger partial charge in [-0.2, -0.15) is 0 Å². The Kier molecular flexibility index (Phi) is 5.14. The molecule has 0 atom stereocenters. The predicted molar refractivity (Wildman–Crippen MR) is 55.7 cm³/mol. The van der Waals surface area contributed by atoms with Gasteiger partial charge in [-0.25, -0.2) is 0 Å². The molecule has 0 aliphatic carbocycles. The average Bonchev–Trinajstić information content (AvgIpc) is 2.06. The van der Waals surface area contributed by atoms with Crippen LogP contribution in [0.1, 0.15) is 26.7 Å². The van der Waals surface area contributed by atoms with Crippen molar-refractivity contribution in [1.29, 1.82) is 0 Å². The first-order valence-corrected chi connectivity index (χ1v) is 4.57. The van der Waals surface area contributed by atoms with E-state index in [1.807, 2.05) is 0 Å². The van der Waals surface area contributed by atoms with Crippen molar-refractivity contribution in [2.24, 2.45) is 17.1 Å². The van der Waals surface area contributed by atoms with Crippen molar-refractivity contribution >= 4 is 12.4 Å². The van der Waals surface area contributed by atoms with Crippen LogP contribution in [0, 0.1) is 11.3 Å². The zero-order valence-corrected chi connectivity index (χ0v) is 8.91. The molecule has 2 nitrogen and oxygen atoms in total. The van der Waals surface area contributed by atoms with Gasteiger partial charge in [0.15, 0.2) is 0 Å². The fourth-order valence-electron chi connectivity index (χ4n) is 1.77. The van der Waals surface area contributed by atoms with Crippen molar-refractivity contribution in [1.82, 2.24) is 5.32 Å². The second-order valence-corrected chi connectivity index (χ2v) is 4.22. The third kappa shape index (κ3) is 2.92. The van der Waals surface area contributed by atoms with E-state index in [4.69, 9.17) is 5.73 Å². The summed E-state index contributed by atoms with van der Waals surface area (Å²) in [5.74, 6) is 0.828. The third-order valence-corrected chi connectivity index (χ3v) is 2.97. The maximum Gasteiger partial charge on any atom is -0.00232 e. The molecule has 3 N–H and O–H groups in total. The number of rotatable bonds is 2. The Labute approximate surface area is 81.7 Å². The molecule has 0 unspecified atom stereocenters. The van der Waals surface area contributed by atoms with Gasteiger partial charge < -0.3 is 11.1 Å². The molecule has 1 aliphatic heterocycles. The molecule has 3 heteroatoms. The van der Waals surface area contributed by atoms with Gasteiger partial charge in [0.05, 0.1) is 0 Å². The van der Waals surface area contributed by atoms with E-state index in [1.165, 1.54) is 25.9 Å². The van der Waals surface area contributed by atoms with Gasteiger partial charge in [0.2, 0.25) is 0 Å². The van der Waals surface area contributed by atoms with E-state index >= 15 is 0 Å². The van der Waals surface area contributed by atoms with E-state index < -0.39 is 0 Å². The molecule has 1 heterocycles. The molecule has 0 amide bonds. The molecule has 1 fully saturated rings. The molecule has 0 bridgehead atoms. The lowest BCUT2D eigenvalue weighted by molar-refractivity contribution is 0.175. The van der Waals surface area contributed by atoms with Crippen LogP contribution in [-0.4, -0.2) is 19.6 Å². The Morgan fingerprint density at radius 3 is 2.25 bits per heavy atom. The van der Waals surface area contributed by atoms with Crippen LogP contribution in [-0.2, 0) is 0 Å². The van der Waals surface area contributed by atoms with Crippen molar-refractivity contribution in [2.75, 3.05) is 19.6 Å². The highest BCUT2D eigenvalue weighted by Gasteiger charge is 2.28. The van der Waals surface area contributed by atoms with E-state index in [2.05, 4.69) is 19.2 Å². The lowest BCUT2D eigenvalue weighted by Gasteiger charge is -2.36. The zero-order chi connectivity index (χ0) is 8.32. The number of nitrogens with one attached hydrogen (secondary N) is 1. The van der Waals surface area contributed by atoms with Gasteiger partial charge in [-0.3, -0.25) is 0 Å². The summed E-state index contributed by atoms with van der Waals surface area (Å²) < 4.78 is 0. The lowest BCUT2D eigenvalue weighted by atomic mass is 9.74.